The Hall–Kier alpha value is -0.0400. The molecule has 0 radical (unpaired) electrons. The number of hydrogen-bond donors (Lipinski definition) is 1. The lowest BCUT2D eigenvalue weighted by Crippen LogP contribution is -2.54. The van der Waals surface area contributed by atoms with Crippen LogP contribution in [0.2, 0.25) is 0 Å². The van der Waals surface area contributed by atoms with E-state index in [2.05, 4.69) is 53.8 Å². The minimum atomic E-state index is 0.236. The molecule has 0 aliphatic carbocycles. The molecule has 0 aliphatic rings. The second-order valence-electron chi connectivity index (χ2n) is 5.24. The quantitative estimate of drug-likeness (QED) is 0.685. The van der Waals surface area contributed by atoms with E-state index < -0.39 is 0 Å². The molecule has 0 bridgehead atoms. The first kappa shape index (κ1) is 12.0. The molecule has 1 heteroatoms. The fourth-order valence-electron chi connectivity index (χ4n) is 1.10. The molecular weight excluding hydrogens is 146 g/mol. The Balaban J connectivity index is 4.23. The van der Waals surface area contributed by atoms with Crippen molar-refractivity contribution in [3.05, 3.63) is 0 Å². The molecule has 0 aromatic carbocycles. The highest BCUT2D eigenvalue weighted by molar-refractivity contribution is 4.89. The van der Waals surface area contributed by atoms with Crippen LogP contribution in [0.1, 0.15) is 54.9 Å². The molecule has 0 rings (SSSR count). The fourth-order valence-corrected chi connectivity index (χ4v) is 1.10. The summed E-state index contributed by atoms with van der Waals surface area (Å²) in [6.45, 7) is 15.8. The van der Waals surface area contributed by atoms with Crippen LogP contribution in [-0.4, -0.2) is 11.1 Å². The molecule has 1 N–H and O–H groups in total. The Labute approximate surface area is 77.9 Å². The maximum atomic E-state index is 3.68. The second-order valence-corrected chi connectivity index (χ2v) is 5.24. The van der Waals surface area contributed by atoms with Gasteiger partial charge < -0.3 is 5.32 Å². The van der Waals surface area contributed by atoms with E-state index >= 15 is 0 Å². The summed E-state index contributed by atoms with van der Waals surface area (Å²) in [7, 11) is 0. The maximum absolute atomic E-state index is 3.68. The molecule has 0 aromatic rings. The van der Waals surface area contributed by atoms with Crippen molar-refractivity contribution in [1.82, 2.24) is 5.32 Å². The van der Waals surface area contributed by atoms with Gasteiger partial charge in [-0.15, -0.1) is 0 Å². The third kappa shape index (κ3) is 3.57. The van der Waals surface area contributed by atoms with Gasteiger partial charge in [0.05, 0.1) is 0 Å². The summed E-state index contributed by atoms with van der Waals surface area (Å²) < 4.78 is 0. The zero-order valence-corrected chi connectivity index (χ0v) is 9.78. The zero-order valence-electron chi connectivity index (χ0n) is 9.78. The molecule has 0 heterocycles. The highest BCUT2D eigenvalue weighted by Gasteiger charge is 2.28. The summed E-state index contributed by atoms with van der Waals surface area (Å²) in [5.74, 6) is 0.670. The van der Waals surface area contributed by atoms with Gasteiger partial charge in [0, 0.05) is 11.1 Å². The van der Waals surface area contributed by atoms with Crippen molar-refractivity contribution in [1.29, 1.82) is 0 Å². The van der Waals surface area contributed by atoms with E-state index in [4.69, 9.17) is 0 Å². The van der Waals surface area contributed by atoms with Crippen LogP contribution in [-0.2, 0) is 0 Å². The molecule has 0 saturated heterocycles. The SMILES string of the molecule is CCC(C)(C)NC(C)(C)C(C)C. The predicted octanol–water partition coefficient (Wildman–Crippen LogP) is 3.20. The summed E-state index contributed by atoms with van der Waals surface area (Å²) in [5, 5.41) is 3.68. The van der Waals surface area contributed by atoms with Gasteiger partial charge in [-0.2, -0.15) is 0 Å². The molecular formula is C11H25N. The first-order chi connectivity index (χ1) is 5.21. The van der Waals surface area contributed by atoms with E-state index in [-0.39, 0.29) is 11.1 Å². The zero-order chi connectivity index (χ0) is 9.99. The normalized spacial score (nSPS) is 14.0. The van der Waals surface area contributed by atoms with Crippen molar-refractivity contribution in [3.63, 3.8) is 0 Å². The third-order valence-corrected chi connectivity index (χ3v) is 2.99. The van der Waals surface area contributed by atoms with Gasteiger partial charge in [0.15, 0.2) is 0 Å². The average molecular weight is 171 g/mol. The Bertz CT molecular complexity index is 134. The first-order valence-corrected chi connectivity index (χ1v) is 5.00. The van der Waals surface area contributed by atoms with Crippen LogP contribution in [0.3, 0.4) is 0 Å². The van der Waals surface area contributed by atoms with Gasteiger partial charge in [-0.25, -0.2) is 0 Å². The molecule has 0 saturated carbocycles. The topological polar surface area (TPSA) is 12.0 Å². The molecule has 0 fully saturated rings. The highest BCUT2D eigenvalue weighted by atomic mass is 15.0. The Morgan fingerprint density at radius 3 is 1.75 bits per heavy atom. The summed E-state index contributed by atoms with van der Waals surface area (Å²) in [6.07, 6.45) is 1.17. The van der Waals surface area contributed by atoms with Crippen LogP contribution in [0.4, 0.5) is 0 Å². The van der Waals surface area contributed by atoms with E-state index in [0.29, 0.717) is 5.92 Å². The standard InChI is InChI=1S/C11H25N/c1-8-10(4,5)12-11(6,7)9(2)3/h9,12H,8H2,1-7H3. The maximum Gasteiger partial charge on any atom is 0.0153 e. The summed E-state index contributed by atoms with van der Waals surface area (Å²) in [6, 6.07) is 0. The first-order valence-electron chi connectivity index (χ1n) is 5.00. The monoisotopic (exact) mass is 171 g/mol. The largest absolute Gasteiger partial charge is 0.307 e. The van der Waals surface area contributed by atoms with E-state index in [1.807, 2.05) is 0 Å². The van der Waals surface area contributed by atoms with Crippen molar-refractivity contribution >= 4 is 0 Å². The third-order valence-electron chi connectivity index (χ3n) is 2.99. The predicted molar refractivity (Wildman–Crippen MR) is 56.4 cm³/mol. The molecule has 0 aliphatic heterocycles. The number of hydrogen-bond acceptors (Lipinski definition) is 1. The van der Waals surface area contributed by atoms with Gasteiger partial charge in [0.25, 0.3) is 0 Å². The smallest absolute Gasteiger partial charge is 0.0153 e. The van der Waals surface area contributed by atoms with Crippen LogP contribution < -0.4 is 5.32 Å². The lowest BCUT2D eigenvalue weighted by Gasteiger charge is -2.39. The van der Waals surface area contributed by atoms with Crippen LogP contribution in [0.5, 0.6) is 0 Å². The Kier molecular flexibility index (Phi) is 3.77. The molecule has 0 spiro atoms. The van der Waals surface area contributed by atoms with Crippen molar-refractivity contribution in [2.24, 2.45) is 5.92 Å². The van der Waals surface area contributed by atoms with Crippen LogP contribution >= 0.6 is 0 Å². The molecule has 0 amide bonds. The van der Waals surface area contributed by atoms with Crippen LogP contribution in [0.25, 0.3) is 0 Å². The summed E-state index contributed by atoms with van der Waals surface area (Å²) in [5.41, 5.74) is 0.493. The second kappa shape index (κ2) is 3.78. The van der Waals surface area contributed by atoms with Crippen molar-refractivity contribution in [3.8, 4) is 0 Å². The lowest BCUT2D eigenvalue weighted by molar-refractivity contribution is 0.204. The van der Waals surface area contributed by atoms with Crippen molar-refractivity contribution < 1.29 is 0 Å². The molecule has 0 unspecified atom stereocenters. The van der Waals surface area contributed by atoms with Gasteiger partial charge in [-0.05, 0) is 40.0 Å². The average Bonchev–Trinajstić information content (AvgIpc) is 1.85. The number of nitrogens with one attached hydrogen (secondary N) is 1. The molecule has 0 atom stereocenters. The Morgan fingerprint density at radius 1 is 1.08 bits per heavy atom. The van der Waals surface area contributed by atoms with Crippen LogP contribution in [0.15, 0.2) is 0 Å². The van der Waals surface area contributed by atoms with Gasteiger partial charge in [-0.1, -0.05) is 20.8 Å². The van der Waals surface area contributed by atoms with Crippen molar-refractivity contribution in [2.75, 3.05) is 0 Å². The van der Waals surface area contributed by atoms with Gasteiger partial charge >= 0.3 is 0 Å². The molecule has 12 heavy (non-hydrogen) atoms. The molecule has 1 nitrogen and oxygen atoms in total. The summed E-state index contributed by atoms with van der Waals surface area (Å²) >= 11 is 0. The minimum Gasteiger partial charge on any atom is -0.307 e. The van der Waals surface area contributed by atoms with Crippen LogP contribution in [0, 0.1) is 5.92 Å². The summed E-state index contributed by atoms with van der Waals surface area (Å²) in [4.78, 5) is 0. The molecule has 0 aromatic heterocycles. The van der Waals surface area contributed by atoms with E-state index in [0.717, 1.165) is 0 Å². The molecule has 74 valence electrons. The minimum absolute atomic E-state index is 0.236. The van der Waals surface area contributed by atoms with Gasteiger partial charge in [0.1, 0.15) is 0 Å². The van der Waals surface area contributed by atoms with E-state index in [9.17, 15) is 0 Å². The van der Waals surface area contributed by atoms with Gasteiger partial charge in [-0.3, -0.25) is 0 Å². The Morgan fingerprint density at radius 2 is 1.50 bits per heavy atom. The van der Waals surface area contributed by atoms with E-state index in [1.165, 1.54) is 6.42 Å². The van der Waals surface area contributed by atoms with Gasteiger partial charge in [0.2, 0.25) is 0 Å². The fraction of sp³-hybridized carbons (Fsp3) is 1.00. The van der Waals surface area contributed by atoms with Crippen molar-refractivity contribution in [2.45, 2.75) is 66.0 Å². The van der Waals surface area contributed by atoms with E-state index in [1.54, 1.807) is 0 Å². The number of rotatable bonds is 4. The highest BCUT2D eigenvalue weighted by Crippen LogP contribution is 2.20. The lowest BCUT2D eigenvalue weighted by atomic mass is 9.86.